The lowest BCUT2D eigenvalue weighted by Crippen LogP contribution is -2.16. The number of amides is 1. The van der Waals surface area contributed by atoms with Crippen molar-refractivity contribution >= 4 is 17.6 Å². The number of aryl methyl sites for hydroxylation is 1. The Kier molecular flexibility index (Phi) is 5.31. The largest absolute Gasteiger partial charge is 0.462 e. The first kappa shape index (κ1) is 15.8. The fourth-order valence-electron chi connectivity index (χ4n) is 2.07. The summed E-state index contributed by atoms with van der Waals surface area (Å²) in [6, 6.07) is 14.7. The van der Waals surface area contributed by atoms with Crippen LogP contribution in [0.2, 0.25) is 0 Å². The van der Waals surface area contributed by atoms with Crippen molar-refractivity contribution in [3.63, 3.8) is 0 Å². The summed E-state index contributed by atoms with van der Waals surface area (Å²) in [6.07, 6.45) is 0.296. The number of anilines is 1. The summed E-state index contributed by atoms with van der Waals surface area (Å²) in [5, 5.41) is 2.85. The summed E-state index contributed by atoms with van der Waals surface area (Å²) >= 11 is 0. The van der Waals surface area contributed by atoms with Crippen molar-refractivity contribution in [2.45, 2.75) is 20.3 Å². The van der Waals surface area contributed by atoms with Crippen LogP contribution in [0.4, 0.5) is 5.69 Å². The van der Waals surface area contributed by atoms with Crippen LogP contribution in [0.15, 0.2) is 48.5 Å². The van der Waals surface area contributed by atoms with Gasteiger partial charge in [0, 0.05) is 5.69 Å². The second-order valence-corrected chi connectivity index (χ2v) is 4.96. The minimum atomic E-state index is -0.388. The molecule has 0 saturated heterocycles. The molecule has 0 aliphatic heterocycles. The summed E-state index contributed by atoms with van der Waals surface area (Å²) in [7, 11) is 0. The van der Waals surface area contributed by atoms with E-state index in [0.717, 1.165) is 11.1 Å². The van der Waals surface area contributed by atoms with Crippen molar-refractivity contribution in [1.82, 2.24) is 0 Å². The highest BCUT2D eigenvalue weighted by Crippen LogP contribution is 2.18. The lowest BCUT2D eigenvalue weighted by molar-refractivity contribution is -0.115. The molecule has 0 aliphatic rings. The molecule has 0 radical (unpaired) electrons. The minimum Gasteiger partial charge on any atom is -0.462 e. The number of esters is 1. The number of rotatable bonds is 5. The van der Waals surface area contributed by atoms with Crippen molar-refractivity contribution in [2.75, 3.05) is 11.9 Å². The smallest absolute Gasteiger partial charge is 0.338 e. The summed E-state index contributed by atoms with van der Waals surface area (Å²) in [4.78, 5) is 23.9. The third kappa shape index (κ3) is 4.19. The molecule has 4 heteroatoms. The zero-order valence-corrected chi connectivity index (χ0v) is 12.8. The van der Waals surface area contributed by atoms with Crippen LogP contribution >= 0.6 is 0 Å². The number of carbonyl (C=O) groups excluding carboxylic acids is 2. The first-order chi connectivity index (χ1) is 10.6. The fraction of sp³-hybridized carbons (Fsp3) is 0.222. The molecule has 0 aromatic heterocycles. The monoisotopic (exact) mass is 297 g/mol. The van der Waals surface area contributed by atoms with E-state index in [1.807, 2.05) is 37.3 Å². The Balaban J connectivity index is 2.10. The van der Waals surface area contributed by atoms with Crippen LogP contribution in [-0.4, -0.2) is 18.5 Å². The Morgan fingerprint density at radius 3 is 2.50 bits per heavy atom. The molecule has 0 heterocycles. The molecule has 4 nitrogen and oxygen atoms in total. The molecule has 0 fully saturated rings. The normalized spacial score (nSPS) is 10.1. The molecular formula is C18H19NO3. The van der Waals surface area contributed by atoms with Crippen molar-refractivity contribution < 1.29 is 14.3 Å². The van der Waals surface area contributed by atoms with Gasteiger partial charge in [-0.2, -0.15) is 0 Å². The van der Waals surface area contributed by atoms with Crippen LogP contribution in [0.25, 0.3) is 0 Å². The van der Waals surface area contributed by atoms with E-state index in [-0.39, 0.29) is 11.9 Å². The number of hydrogen-bond acceptors (Lipinski definition) is 3. The van der Waals surface area contributed by atoms with Gasteiger partial charge >= 0.3 is 5.97 Å². The third-order valence-electron chi connectivity index (χ3n) is 3.23. The molecule has 0 atom stereocenters. The highest BCUT2D eigenvalue weighted by Gasteiger charge is 2.11. The zero-order chi connectivity index (χ0) is 15.9. The number of nitrogens with one attached hydrogen (secondary N) is 1. The number of ether oxygens (including phenoxy) is 1. The highest BCUT2D eigenvalue weighted by atomic mass is 16.5. The summed E-state index contributed by atoms with van der Waals surface area (Å²) < 4.78 is 4.97. The average molecular weight is 297 g/mol. The SMILES string of the molecule is CCOC(=O)c1ccc(C)c(NC(=O)Cc2ccccc2)c1. The molecular weight excluding hydrogens is 278 g/mol. The maximum absolute atomic E-state index is 12.1. The number of carbonyl (C=O) groups is 2. The van der Waals surface area contributed by atoms with Crippen molar-refractivity contribution in [2.24, 2.45) is 0 Å². The molecule has 0 saturated carbocycles. The standard InChI is InChI=1S/C18H19NO3/c1-3-22-18(21)15-10-9-13(2)16(12-15)19-17(20)11-14-7-5-4-6-8-14/h4-10,12H,3,11H2,1-2H3,(H,19,20). The summed E-state index contributed by atoms with van der Waals surface area (Å²) in [6.45, 7) is 3.96. The van der Waals surface area contributed by atoms with E-state index in [9.17, 15) is 9.59 Å². The second kappa shape index (κ2) is 7.41. The second-order valence-electron chi connectivity index (χ2n) is 4.96. The van der Waals surface area contributed by atoms with E-state index < -0.39 is 0 Å². The van der Waals surface area contributed by atoms with Gasteiger partial charge in [-0.1, -0.05) is 36.4 Å². The molecule has 0 unspecified atom stereocenters. The molecule has 114 valence electrons. The van der Waals surface area contributed by atoms with E-state index in [2.05, 4.69) is 5.32 Å². The van der Waals surface area contributed by atoms with Gasteiger partial charge in [0.1, 0.15) is 0 Å². The topological polar surface area (TPSA) is 55.4 Å². The number of hydrogen-bond donors (Lipinski definition) is 1. The highest BCUT2D eigenvalue weighted by molar-refractivity contribution is 5.96. The van der Waals surface area contributed by atoms with Crippen LogP contribution in [0.1, 0.15) is 28.4 Å². The molecule has 2 aromatic carbocycles. The van der Waals surface area contributed by atoms with Gasteiger partial charge < -0.3 is 10.1 Å². The number of benzene rings is 2. The molecule has 2 rings (SSSR count). The Labute approximate surface area is 130 Å². The summed E-state index contributed by atoms with van der Waals surface area (Å²) in [5.74, 6) is -0.503. The van der Waals surface area contributed by atoms with Crippen LogP contribution in [0, 0.1) is 6.92 Å². The molecule has 0 spiro atoms. The Hall–Kier alpha value is -2.62. The average Bonchev–Trinajstić information content (AvgIpc) is 2.50. The van der Waals surface area contributed by atoms with Gasteiger partial charge in [0.2, 0.25) is 5.91 Å². The molecule has 1 N–H and O–H groups in total. The predicted octanol–water partition coefficient (Wildman–Crippen LogP) is 3.35. The Morgan fingerprint density at radius 2 is 1.82 bits per heavy atom. The first-order valence-corrected chi connectivity index (χ1v) is 7.21. The maximum Gasteiger partial charge on any atom is 0.338 e. The Bertz CT molecular complexity index is 665. The van der Waals surface area contributed by atoms with E-state index in [0.29, 0.717) is 24.3 Å². The van der Waals surface area contributed by atoms with Gasteiger partial charge in [-0.25, -0.2) is 4.79 Å². The molecule has 1 amide bonds. The predicted molar refractivity (Wildman–Crippen MR) is 85.9 cm³/mol. The van der Waals surface area contributed by atoms with Gasteiger partial charge in [-0.3, -0.25) is 4.79 Å². The van der Waals surface area contributed by atoms with E-state index in [1.54, 1.807) is 25.1 Å². The molecule has 22 heavy (non-hydrogen) atoms. The lowest BCUT2D eigenvalue weighted by Gasteiger charge is -2.10. The zero-order valence-electron chi connectivity index (χ0n) is 12.8. The fourth-order valence-corrected chi connectivity index (χ4v) is 2.07. The van der Waals surface area contributed by atoms with E-state index in [1.165, 1.54) is 0 Å². The van der Waals surface area contributed by atoms with Crippen LogP contribution in [-0.2, 0) is 16.0 Å². The van der Waals surface area contributed by atoms with Gasteiger partial charge in [0.05, 0.1) is 18.6 Å². The van der Waals surface area contributed by atoms with Gasteiger partial charge in [-0.05, 0) is 37.1 Å². The Morgan fingerprint density at radius 1 is 1.09 bits per heavy atom. The minimum absolute atomic E-state index is 0.115. The van der Waals surface area contributed by atoms with Crippen molar-refractivity contribution in [3.05, 3.63) is 65.2 Å². The van der Waals surface area contributed by atoms with Crippen molar-refractivity contribution in [1.29, 1.82) is 0 Å². The van der Waals surface area contributed by atoms with Crippen molar-refractivity contribution in [3.8, 4) is 0 Å². The summed E-state index contributed by atoms with van der Waals surface area (Å²) in [5.41, 5.74) is 2.91. The van der Waals surface area contributed by atoms with Crippen LogP contribution in [0.3, 0.4) is 0 Å². The molecule has 0 aliphatic carbocycles. The quantitative estimate of drug-likeness (QED) is 0.861. The van der Waals surface area contributed by atoms with E-state index >= 15 is 0 Å². The van der Waals surface area contributed by atoms with Crippen LogP contribution < -0.4 is 5.32 Å². The van der Waals surface area contributed by atoms with E-state index in [4.69, 9.17) is 4.74 Å². The molecule has 0 bridgehead atoms. The van der Waals surface area contributed by atoms with Gasteiger partial charge in [-0.15, -0.1) is 0 Å². The third-order valence-corrected chi connectivity index (χ3v) is 3.23. The molecule has 2 aromatic rings. The first-order valence-electron chi connectivity index (χ1n) is 7.21. The van der Waals surface area contributed by atoms with Gasteiger partial charge in [0.15, 0.2) is 0 Å². The van der Waals surface area contributed by atoms with Gasteiger partial charge in [0.25, 0.3) is 0 Å². The van der Waals surface area contributed by atoms with Crippen LogP contribution in [0.5, 0.6) is 0 Å². The lowest BCUT2D eigenvalue weighted by atomic mass is 10.1. The maximum atomic E-state index is 12.1.